The van der Waals surface area contributed by atoms with E-state index in [9.17, 15) is 8.42 Å². The Hall–Kier alpha value is -0.620. The summed E-state index contributed by atoms with van der Waals surface area (Å²) in [6.45, 7) is 2.36. The minimum Gasteiger partial charge on any atom is -0.309 e. The second-order valence-electron chi connectivity index (χ2n) is 4.30. The molecule has 0 saturated heterocycles. The third-order valence-electron chi connectivity index (χ3n) is 2.74. The normalized spacial score (nSPS) is 13.8. The van der Waals surface area contributed by atoms with Crippen LogP contribution < -0.4 is 5.32 Å². The number of sulfonamides is 1. The van der Waals surface area contributed by atoms with Crippen LogP contribution in [0.2, 0.25) is 5.02 Å². The van der Waals surface area contributed by atoms with Gasteiger partial charge in [0.2, 0.25) is 10.0 Å². The van der Waals surface area contributed by atoms with Crippen LogP contribution in [-0.4, -0.2) is 39.1 Å². The van der Waals surface area contributed by atoms with Gasteiger partial charge in [0.25, 0.3) is 0 Å². The first-order valence-electron chi connectivity index (χ1n) is 5.72. The highest BCUT2D eigenvalue weighted by Gasteiger charge is 2.14. The zero-order valence-electron chi connectivity index (χ0n) is 10.9. The number of rotatable bonds is 6. The van der Waals surface area contributed by atoms with Crippen LogP contribution in [0.3, 0.4) is 0 Å². The van der Waals surface area contributed by atoms with E-state index in [0.717, 1.165) is 5.56 Å². The van der Waals surface area contributed by atoms with Crippen molar-refractivity contribution in [1.29, 1.82) is 0 Å². The average molecular weight is 291 g/mol. The maximum absolute atomic E-state index is 11.6. The maximum atomic E-state index is 11.6. The molecule has 1 N–H and O–H groups in total. The highest BCUT2D eigenvalue weighted by atomic mass is 35.5. The van der Waals surface area contributed by atoms with Gasteiger partial charge in [0, 0.05) is 31.7 Å². The molecule has 6 heteroatoms. The van der Waals surface area contributed by atoms with Crippen LogP contribution in [0, 0.1) is 0 Å². The molecule has 0 amide bonds. The molecule has 0 saturated carbocycles. The molecule has 1 aromatic rings. The molecule has 0 spiro atoms. The molecule has 0 bridgehead atoms. The first kappa shape index (κ1) is 15.4. The first-order valence-corrected chi connectivity index (χ1v) is 7.71. The summed E-state index contributed by atoms with van der Waals surface area (Å²) < 4.78 is 24.4. The molecule has 102 valence electrons. The van der Waals surface area contributed by atoms with E-state index in [-0.39, 0.29) is 11.8 Å². The molecule has 1 atom stereocenters. The van der Waals surface area contributed by atoms with E-state index in [0.29, 0.717) is 11.6 Å². The summed E-state index contributed by atoms with van der Waals surface area (Å²) in [7, 11) is -0.0792. The lowest BCUT2D eigenvalue weighted by Crippen LogP contribution is -2.32. The Morgan fingerprint density at radius 3 is 2.50 bits per heavy atom. The van der Waals surface area contributed by atoms with Crippen LogP contribution in [0.1, 0.15) is 18.5 Å². The number of hydrogen-bond acceptors (Lipinski definition) is 3. The van der Waals surface area contributed by atoms with Crippen molar-refractivity contribution in [3.63, 3.8) is 0 Å². The van der Waals surface area contributed by atoms with Crippen molar-refractivity contribution < 1.29 is 8.42 Å². The van der Waals surface area contributed by atoms with Gasteiger partial charge in [-0.3, -0.25) is 0 Å². The molecule has 1 rings (SSSR count). The summed E-state index contributed by atoms with van der Waals surface area (Å²) in [4.78, 5) is 0. The van der Waals surface area contributed by atoms with Gasteiger partial charge in [0.05, 0.1) is 5.75 Å². The lowest BCUT2D eigenvalue weighted by Gasteiger charge is -2.17. The predicted molar refractivity (Wildman–Crippen MR) is 75.3 cm³/mol. The van der Waals surface area contributed by atoms with Gasteiger partial charge in [0.1, 0.15) is 0 Å². The van der Waals surface area contributed by atoms with Gasteiger partial charge in [-0.15, -0.1) is 0 Å². The Balaban J connectivity index is 2.53. The monoisotopic (exact) mass is 290 g/mol. The van der Waals surface area contributed by atoms with Gasteiger partial charge in [-0.05, 0) is 18.6 Å². The molecule has 0 aliphatic heterocycles. The van der Waals surface area contributed by atoms with Crippen LogP contribution in [0.15, 0.2) is 24.3 Å². The average Bonchev–Trinajstić information content (AvgIpc) is 2.29. The quantitative estimate of drug-likeness (QED) is 0.870. The minimum atomic E-state index is -3.15. The number of hydrogen-bond donors (Lipinski definition) is 1. The first-order chi connectivity index (χ1) is 8.34. The summed E-state index contributed by atoms with van der Waals surface area (Å²) in [5.74, 6) is 0.0782. The third kappa shape index (κ3) is 4.24. The molecule has 18 heavy (non-hydrogen) atoms. The Labute approximate surface area is 114 Å². The van der Waals surface area contributed by atoms with E-state index in [4.69, 9.17) is 11.6 Å². The second-order valence-corrected chi connectivity index (χ2v) is 7.01. The van der Waals surface area contributed by atoms with Gasteiger partial charge < -0.3 is 5.32 Å². The molecule has 0 aliphatic rings. The van der Waals surface area contributed by atoms with Crippen molar-refractivity contribution in [2.45, 2.75) is 13.0 Å². The Kier molecular flexibility index (Phi) is 5.59. The van der Waals surface area contributed by atoms with Crippen molar-refractivity contribution in [1.82, 2.24) is 9.62 Å². The summed E-state index contributed by atoms with van der Waals surface area (Å²) in [6.07, 6.45) is 0. The van der Waals surface area contributed by atoms with E-state index >= 15 is 0 Å². The summed E-state index contributed by atoms with van der Waals surface area (Å²) in [5, 5.41) is 3.85. The van der Waals surface area contributed by atoms with E-state index in [1.807, 2.05) is 31.2 Å². The SMILES string of the molecule is CC(NCCS(=O)(=O)N(C)C)c1ccccc1Cl. The van der Waals surface area contributed by atoms with Gasteiger partial charge in [0.15, 0.2) is 0 Å². The van der Waals surface area contributed by atoms with Crippen LogP contribution in [0.4, 0.5) is 0 Å². The minimum absolute atomic E-state index is 0.0241. The van der Waals surface area contributed by atoms with Crippen LogP contribution in [0.5, 0.6) is 0 Å². The lowest BCUT2D eigenvalue weighted by atomic mass is 10.1. The maximum Gasteiger partial charge on any atom is 0.214 e. The third-order valence-corrected chi connectivity index (χ3v) is 4.92. The number of nitrogens with zero attached hydrogens (tertiary/aromatic N) is 1. The molecule has 0 aromatic heterocycles. The molecule has 1 aromatic carbocycles. The van der Waals surface area contributed by atoms with E-state index in [1.165, 1.54) is 18.4 Å². The summed E-state index contributed by atoms with van der Waals surface area (Å²) in [6, 6.07) is 7.56. The fraction of sp³-hybridized carbons (Fsp3) is 0.500. The molecule has 4 nitrogen and oxygen atoms in total. The van der Waals surface area contributed by atoms with E-state index < -0.39 is 10.0 Å². The van der Waals surface area contributed by atoms with E-state index in [2.05, 4.69) is 5.32 Å². The summed E-state index contributed by atoms with van der Waals surface area (Å²) in [5.41, 5.74) is 0.974. The van der Waals surface area contributed by atoms with Crippen LogP contribution >= 0.6 is 11.6 Å². The highest BCUT2D eigenvalue weighted by molar-refractivity contribution is 7.89. The highest BCUT2D eigenvalue weighted by Crippen LogP contribution is 2.21. The number of halogens is 1. The smallest absolute Gasteiger partial charge is 0.214 e. The molecule has 0 radical (unpaired) electrons. The Morgan fingerprint density at radius 2 is 1.94 bits per heavy atom. The summed E-state index contributed by atoms with van der Waals surface area (Å²) >= 11 is 6.07. The number of nitrogens with one attached hydrogen (secondary N) is 1. The molecule has 0 fully saturated rings. The molecular weight excluding hydrogens is 272 g/mol. The van der Waals surface area contributed by atoms with Crippen molar-refractivity contribution in [2.24, 2.45) is 0 Å². The fourth-order valence-corrected chi connectivity index (χ4v) is 2.56. The Morgan fingerprint density at radius 1 is 1.33 bits per heavy atom. The largest absolute Gasteiger partial charge is 0.309 e. The van der Waals surface area contributed by atoms with Crippen LogP contribution in [-0.2, 0) is 10.0 Å². The van der Waals surface area contributed by atoms with Crippen molar-refractivity contribution in [3.8, 4) is 0 Å². The van der Waals surface area contributed by atoms with Crippen molar-refractivity contribution >= 4 is 21.6 Å². The van der Waals surface area contributed by atoms with Crippen LogP contribution in [0.25, 0.3) is 0 Å². The molecule has 0 heterocycles. The molecule has 1 unspecified atom stereocenters. The number of benzene rings is 1. The van der Waals surface area contributed by atoms with Gasteiger partial charge in [-0.2, -0.15) is 0 Å². The lowest BCUT2D eigenvalue weighted by molar-refractivity contribution is 0.512. The topological polar surface area (TPSA) is 49.4 Å². The fourth-order valence-electron chi connectivity index (χ4n) is 1.52. The van der Waals surface area contributed by atoms with E-state index in [1.54, 1.807) is 0 Å². The van der Waals surface area contributed by atoms with Gasteiger partial charge in [-0.1, -0.05) is 29.8 Å². The van der Waals surface area contributed by atoms with Gasteiger partial charge >= 0.3 is 0 Å². The van der Waals surface area contributed by atoms with Crippen molar-refractivity contribution in [2.75, 3.05) is 26.4 Å². The molecular formula is C12H19ClN2O2S. The zero-order chi connectivity index (χ0) is 13.8. The van der Waals surface area contributed by atoms with Gasteiger partial charge in [-0.25, -0.2) is 12.7 Å². The standard InChI is InChI=1S/C12H19ClN2O2S/c1-10(11-6-4-5-7-12(11)13)14-8-9-18(16,17)15(2)3/h4-7,10,14H,8-9H2,1-3H3. The Bertz CT molecular complexity index is 489. The second kappa shape index (κ2) is 6.52. The zero-order valence-corrected chi connectivity index (χ0v) is 12.4. The molecule has 0 aliphatic carbocycles. The predicted octanol–water partition coefficient (Wildman–Crippen LogP) is 1.88. The van der Waals surface area contributed by atoms with Crippen molar-refractivity contribution in [3.05, 3.63) is 34.9 Å².